The van der Waals surface area contributed by atoms with Gasteiger partial charge in [-0.2, -0.15) is 0 Å². The van der Waals surface area contributed by atoms with Crippen molar-refractivity contribution in [3.8, 4) is 0 Å². The Kier molecular flexibility index (Phi) is 2.85. The van der Waals surface area contributed by atoms with Crippen LogP contribution < -0.4 is 5.32 Å². The molecule has 4 aliphatic rings. The molecule has 3 aliphatic heterocycles. The molecule has 1 spiro atoms. The van der Waals surface area contributed by atoms with Crippen molar-refractivity contribution in [1.29, 1.82) is 0 Å². The highest BCUT2D eigenvalue weighted by Gasteiger charge is 2.80. The molecule has 1 saturated carbocycles. The van der Waals surface area contributed by atoms with Gasteiger partial charge in [0.05, 0.1) is 25.4 Å². The lowest BCUT2D eigenvalue weighted by atomic mass is 9.55. The van der Waals surface area contributed by atoms with Crippen LogP contribution >= 0.6 is 0 Å². The van der Waals surface area contributed by atoms with Gasteiger partial charge in [0.2, 0.25) is 0 Å². The summed E-state index contributed by atoms with van der Waals surface area (Å²) >= 11 is 0. The monoisotopic (exact) mass is 299 g/mol. The molecule has 21 heavy (non-hydrogen) atoms. The number of hydrogen-bond acceptors (Lipinski definition) is 5. The zero-order valence-corrected chi connectivity index (χ0v) is 12.5. The smallest absolute Gasteiger partial charge is 0.407 e. The number of rotatable bonds is 3. The molecule has 118 valence electrons. The Morgan fingerprint density at radius 1 is 1.29 bits per heavy atom. The van der Waals surface area contributed by atoms with Crippen LogP contribution in [0.3, 0.4) is 0 Å². The Morgan fingerprint density at radius 3 is 2.29 bits per heavy atom. The molecule has 0 atom stereocenters. The number of ether oxygens (including phenoxy) is 3. The van der Waals surface area contributed by atoms with E-state index in [4.69, 9.17) is 14.2 Å². The average Bonchev–Trinajstić information content (AvgIpc) is 2.70. The van der Waals surface area contributed by atoms with Crippen LogP contribution in [0.1, 0.15) is 33.6 Å². The molecule has 2 N–H and O–H groups in total. The Balaban J connectivity index is 1.62. The molecule has 4 rings (SSSR count). The fraction of sp³-hybridized carbons (Fsp3) is 0.857. The van der Waals surface area contributed by atoms with Crippen LogP contribution in [0.2, 0.25) is 0 Å². The fourth-order valence-corrected chi connectivity index (χ4v) is 3.63. The normalized spacial score (nSPS) is 35.8. The van der Waals surface area contributed by atoms with Crippen LogP contribution in [-0.4, -0.2) is 53.7 Å². The van der Waals surface area contributed by atoms with E-state index in [0.29, 0.717) is 26.1 Å². The maximum absolute atomic E-state index is 11.7. The van der Waals surface area contributed by atoms with Gasteiger partial charge in [-0.1, -0.05) is 0 Å². The van der Waals surface area contributed by atoms with Crippen LogP contribution in [0.5, 0.6) is 0 Å². The predicted molar refractivity (Wildman–Crippen MR) is 70.9 cm³/mol. The summed E-state index contributed by atoms with van der Waals surface area (Å²) in [5.74, 6) is -0.837. The first-order valence-electron chi connectivity index (χ1n) is 7.10. The van der Waals surface area contributed by atoms with Gasteiger partial charge in [0, 0.05) is 0 Å². The average molecular weight is 299 g/mol. The van der Waals surface area contributed by atoms with Crippen LogP contribution in [0.25, 0.3) is 0 Å². The SMILES string of the molecule is CC(C)(C)OC(=O)NCC12CC(C(=O)O)(C1)C1(COC1)O2. The second-order valence-electron chi connectivity index (χ2n) is 7.37. The lowest BCUT2D eigenvalue weighted by molar-refractivity contribution is -0.219. The van der Waals surface area contributed by atoms with Gasteiger partial charge in [-0.25, -0.2) is 4.79 Å². The van der Waals surface area contributed by atoms with Gasteiger partial charge < -0.3 is 24.6 Å². The van der Waals surface area contributed by atoms with Crippen molar-refractivity contribution in [2.75, 3.05) is 19.8 Å². The zero-order valence-electron chi connectivity index (χ0n) is 12.5. The van der Waals surface area contributed by atoms with Crippen molar-refractivity contribution in [2.45, 2.75) is 50.4 Å². The quantitative estimate of drug-likeness (QED) is 0.804. The minimum Gasteiger partial charge on any atom is -0.481 e. The number of hydrogen-bond donors (Lipinski definition) is 2. The highest BCUT2D eigenvalue weighted by atomic mass is 16.6. The third-order valence-electron chi connectivity index (χ3n) is 4.57. The topological polar surface area (TPSA) is 94.1 Å². The van der Waals surface area contributed by atoms with E-state index in [2.05, 4.69) is 5.32 Å². The van der Waals surface area contributed by atoms with Crippen LogP contribution in [0.15, 0.2) is 0 Å². The Morgan fingerprint density at radius 2 is 1.90 bits per heavy atom. The van der Waals surface area contributed by atoms with Crippen molar-refractivity contribution in [3.63, 3.8) is 0 Å². The summed E-state index contributed by atoms with van der Waals surface area (Å²) in [4.78, 5) is 23.3. The third kappa shape index (κ3) is 2.02. The maximum Gasteiger partial charge on any atom is 0.407 e. The van der Waals surface area contributed by atoms with Crippen molar-refractivity contribution in [1.82, 2.24) is 5.32 Å². The number of amides is 1. The van der Waals surface area contributed by atoms with E-state index in [9.17, 15) is 14.7 Å². The van der Waals surface area contributed by atoms with E-state index in [1.807, 2.05) is 0 Å². The minimum atomic E-state index is -0.860. The van der Waals surface area contributed by atoms with Gasteiger partial charge in [0.15, 0.2) is 0 Å². The van der Waals surface area contributed by atoms with E-state index in [1.165, 1.54) is 0 Å². The first-order chi connectivity index (χ1) is 9.62. The molecule has 0 aromatic carbocycles. The first kappa shape index (κ1) is 14.6. The zero-order chi connectivity index (χ0) is 15.5. The summed E-state index contributed by atoms with van der Waals surface area (Å²) in [5.41, 5.74) is -2.74. The Bertz CT molecular complexity index is 484. The van der Waals surface area contributed by atoms with Gasteiger partial charge >= 0.3 is 12.1 Å². The number of carbonyl (C=O) groups excluding carboxylic acids is 1. The van der Waals surface area contributed by atoms with E-state index in [1.54, 1.807) is 20.8 Å². The van der Waals surface area contributed by atoms with E-state index in [-0.39, 0.29) is 6.54 Å². The molecule has 0 unspecified atom stereocenters. The molecule has 0 aromatic rings. The second-order valence-corrected chi connectivity index (χ2v) is 7.37. The lowest BCUT2D eigenvalue weighted by Crippen LogP contribution is -2.63. The molecule has 4 fully saturated rings. The minimum absolute atomic E-state index is 0.263. The number of aliphatic carboxylic acids is 1. The van der Waals surface area contributed by atoms with Gasteiger partial charge in [-0.15, -0.1) is 0 Å². The number of carboxylic acid groups (broad SMARTS) is 1. The first-order valence-corrected chi connectivity index (χ1v) is 7.10. The third-order valence-corrected chi connectivity index (χ3v) is 4.57. The maximum atomic E-state index is 11.7. The van der Waals surface area contributed by atoms with Gasteiger partial charge in [0.1, 0.15) is 16.6 Å². The van der Waals surface area contributed by atoms with E-state index >= 15 is 0 Å². The number of alkyl carbamates (subject to hydrolysis) is 1. The molecule has 7 heteroatoms. The van der Waals surface area contributed by atoms with Crippen LogP contribution in [-0.2, 0) is 19.0 Å². The largest absolute Gasteiger partial charge is 0.481 e. The molecule has 0 radical (unpaired) electrons. The van der Waals surface area contributed by atoms with Crippen molar-refractivity contribution >= 4 is 12.1 Å². The van der Waals surface area contributed by atoms with Crippen LogP contribution in [0.4, 0.5) is 4.79 Å². The summed E-state index contributed by atoms with van der Waals surface area (Å²) in [6.45, 7) is 6.25. The van der Waals surface area contributed by atoms with Gasteiger partial charge in [0.25, 0.3) is 0 Å². The summed E-state index contributed by atoms with van der Waals surface area (Å²) < 4.78 is 16.4. The predicted octanol–water partition coefficient (Wildman–Crippen LogP) is 0.914. The highest BCUT2D eigenvalue weighted by molar-refractivity contribution is 5.80. The summed E-state index contributed by atoms with van der Waals surface area (Å²) in [6.07, 6.45) is 0.308. The molecule has 1 aliphatic carbocycles. The van der Waals surface area contributed by atoms with Crippen molar-refractivity contribution < 1.29 is 28.9 Å². The molecule has 3 heterocycles. The molecular formula is C14H21NO6. The molecule has 7 nitrogen and oxygen atoms in total. The summed E-state index contributed by atoms with van der Waals surface area (Å²) in [5, 5.41) is 12.2. The van der Waals surface area contributed by atoms with Gasteiger partial charge in [-0.05, 0) is 33.6 Å². The summed E-state index contributed by atoms with van der Waals surface area (Å²) in [7, 11) is 0. The van der Waals surface area contributed by atoms with E-state index in [0.717, 1.165) is 0 Å². The standard InChI is InChI=1S/C14H21NO6/c1-11(2,3)20-10(18)15-6-12-4-13(5-12,9(16)17)14(21-12)7-19-8-14/h4-8H2,1-3H3,(H,15,18)(H,16,17). The lowest BCUT2D eigenvalue weighted by Gasteiger charge is -2.47. The molecule has 3 saturated heterocycles. The Labute approximate surface area is 122 Å². The molecule has 1 amide bonds. The summed E-state index contributed by atoms with van der Waals surface area (Å²) in [6, 6.07) is 0. The Hall–Kier alpha value is -1.34. The number of nitrogens with one attached hydrogen (secondary N) is 1. The molecular weight excluding hydrogens is 278 g/mol. The van der Waals surface area contributed by atoms with Crippen molar-refractivity contribution in [2.24, 2.45) is 5.41 Å². The van der Waals surface area contributed by atoms with Crippen molar-refractivity contribution in [3.05, 3.63) is 0 Å². The van der Waals surface area contributed by atoms with Crippen LogP contribution in [0, 0.1) is 5.41 Å². The second kappa shape index (κ2) is 4.10. The fourth-order valence-electron chi connectivity index (χ4n) is 3.63. The number of carboxylic acids is 1. The van der Waals surface area contributed by atoms with Gasteiger partial charge in [-0.3, -0.25) is 4.79 Å². The molecule has 2 bridgehead atoms. The molecule has 0 aromatic heterocycles. The number of carbonyl (C=O) groups is 2. The van der Waals surface area contributed by atoms with E-state index < -0.39 is 34.3 Å². The highest BCUT2D eigenvalue weighted by Crippen LogP contribution is 2.68.